The molecule has 0 aliphatic rings. The van der Waals surface area contributed by atoms with Gasteiger partial charge in [-0.3, -0.25) is 4.79 Å². The van der Waals surface area contributed by atoms with E-state index in [4.69, 9.17) is 9.47 Å². The number of hydrogen-bond acceptors (Lipinski definition) is 5. The number of rotatable bonds is 14. The highest BCUT2D eigenvalue weighted by Gasteiger charge is 1.94. The lowest BCUT2D eigenvalue weighted by Gasteiger charge is -2.03. The Morgan fingerprint density at radius 2 is 1.04 bits per heavy atom. The van der Waals surface area contributed by atoms with E-state index in [2.05, 4.69) is 6.92 Å². The van der Waals surface area contributed by atoms with E-state index in [9.17, 15) is 4.79 Å². The molecule has 0 fully saturated rings. The highest BCUT2D eigenvalue weighted by molar-refractivity contribution is 5.65. The predicted octanol–water partition coefficient (Wildman–Crippen LogP) is 6.23. The fraction of sp³-hybridized carbons (Fsp3) is 0.947. The first-order valence-electron chi connectivity index (χ1n) is 9.40. The van der Waals surface area contributed by atoms with Gasteiger partial charge in [0.2, 0.25) is 0 Å². The lowest BCUT2D eigenvalue weighted by Crippen LogP contribution is -2.00. The summed E-state index contributed by atoms with van der Waals surface area (Å²) < 4.78 is 9.72. The van der Waals surface area contributed by atoms with Gasteiger partial charge in [0.15, 0.2) is 0 Å². The molecular weight excluding hydrogens is 304 g/mol. The van der Waals surface area contributed by atoms with Crippen LogP contribution in [0.15, 0.2) is 0 Å². The van der Waals surface area contributed by atoms with Gasteiger partial charge in [0.1, 0.15) is 0 Å². The van der Waals surface area contributed by atoms with E-state index in [0.717, 1.165) is 19.6 Å². The van der Waals surface area contributed by atoms with Crippen LogP contribution in [-0.4, -0.2) is 25.8 Å². The third-order valence-electron chi connectivity index (χ3n) is 3.46. The number of carbonyl (C=O) groups is 1. The molecule has 0 heterocycles. The third-order valence-corrected chi connectivity index (χ3v) is 3.46. The summed E-state index contributed by atoms with van der Waals surface area (Å²) in [6, 6.07) is 0. The second kappa shape index (κ2) is 30.3. The van der Waals surface area contributed by atoms with Gasteiger partial charge in [-0.15, -0.1) is 0 Å². The minimum Gasteiger partial charge on any atom is -0.466 e. The summed E-state index contributed by atoms with van der Waals surface area (Å²) in [6.07, 6.45) is 14.6. The number of ether oxygens (including phenoxy) is 2. The standard InChI is InChI=1S/C15H30O2.C4H10O.2H3N/c1-3-4-5-6-7-8-9-10-11-12-13-14-17-15(2)16;1-3-5-4-2;;/h3-14H2,1-2H3;3-4H2,1-2H3;2*1H3. The number of carbonyl (C=O) groups excluding carboxylic acids is 1. The van der Waals surface area contributed by atoms with Crippen molar-refractivity contribution in [3.05, 3.63) is 0 Å². The van der Waals surface area contributed by atoms with Crippen LogP contribution in [-0.2, 0) is 14.3 Å². The molecule has 150 valence electrons. The van der Waals surface area contributed by atoms with Crippen LogP contribution in [0.4, 0.5) is 0 Å². The molecule has 0 bridgehead atoms. The van der Waals surface area contributed by atoms with Crippen LogP contribution in [0.1, 0.15) is 98.3 Å². The Morgan fingerprint density at radius 3 is 1.33 bits per heavy atom. The minimum atomic E-state index is -0.155. The van der Waals surface area contributed by atoms with Crippen molar-refractivity contribution in [3.8, 4) is 0 Å². The van der Waals surface area contributed by atoms with Crippen molar-refractivity contribution >= 4 is 5.97 Å². The van der Waals surface area contributed by atoms with Gasteiger partial charge in [0, 0.05) is 20.1 Å². The van der Waals surface area contributed by atoms with Crippen LogP contribution < -0.4 is 12.3 Å². The average molecular weight is 351 g/mol. The first-order chi connectivity index (χ1) is 10.7. The van der Waals surface area contributed by atoms with E-state index in [1.165, 1.54) is 71.1 Å². The van der Waals surface area contributed by atoms with Crippen LogP contribution in [0.25, 0.3) is 0 Å². The van der Waals surface area contributed by atoms with Gasteiger partial charge in [-0.2, -0.15) is 0 Å². The Balaban J connectivity index is -0.000000250. The maximum absolute atomic E-state index is 10.5. The molecule has 0 aromatic rings. The van der Waals surface area contributed by atoms with Crippen LogP contribution >= 0.6 is 0 Å². The van der Waals surface area contributed by atoms with Crippen LogP contribution in [0.2, 0.25) is 0 Å². The molecular formula is C19H46N2O3. The monoisotopic (exact) mass is 350 g/mol. The van der Waals surface area contributed by atoms with E-state index in [-0.39, 0.29) is 18.3 Å². The van der Waals surface area contributed by atoms with Gasteiger partial charge in [0.05, 0.1) is 6.61 Å². The topological polar surface area (TPSA) is 106 Å². The Labute approximate surface area is 151 Å². The SMILES string of the molecule is CCCCCCCCCCCCCOC(C)=O.CCOCC.N.N. The Kier molecular flexibility index (Phi) is 39.3. The molecule has 6 N–H and O–H groups in total. The van der Waals surface area contributed by atoms with Gasteiger partial charge in [-0.1, -0.05) is 71.1 Å². The van der Waals surface area contributed by atoms with Gasteiger partial charge in [0.25, 0.3) is 0 Å². The highest BCUT2D eigenvalue weighted by atomic mass is 16.5. The molecule has 0 aliphatic carbocycles. The zero-order valence-electron chi connectivity index (χ0n) is 17.0. The molecule has 5 heteroatoms. The summed E-state index contributed by atoms with van der Waals surface area (Å²) in [5.41, 5.74) is 0. The average Bonchev–Trinajstić information content (AvgIpc) is 2.49. The smallest absolute Gasteiger partial charge is 0.302 e. The van der Waals surface area contributed by atoms with Gasteiger partial charge >= 0.3 is 5.97 Å². The van der Waals surface area contributed by atoms with Crippen molar-refractivity contribution in [2.24, 2.45) is 0 Å². The molecule has 5 nitrogen and oxygen atoms in total. The summed E-state index contributed by atoms with van der Waals surface area (Å²) in [7, 11) is 0. The quantitative estimate of drug-likeness (QED) is 0.285. The van der Waals surface area contributed by atoms with Crippen molar-refractivity contribution in [1.82, 2.24) is 12.3 Å². The van der Waals surface area contributed by atoms with E-state index >= 15 is 0 Å². The molecule has 0 aromatic heterocycles. The third kappa shape index (κ3) is 37.5. The fourth-order valence-electron chi connectivity index (χ4n) is 2.19. The van der Waals surface area contributed by atoms with Crippen molar-refractivity contribution < 1.29 is 14.3 Å². The largest absolute Gasteiger partial charge is 0.466 e. The number of hydrogen-bond donors (Lipinski definition) is 2. The van der Waals surface area contributed by atoms with Gasteiger partial charge in [-0.25, -0.2) is 0 Å². The van der Waals surface area contributed by atoms with Crippen LogP contribution in [0, 0.1) is 0 Å². The molecule has 0 amide bonds. The summed E-state index contributed by atoms with van der Waals surface area (Å²) in [5, 5.41) is 0. The lowest BCUT2D eigenvalue weighted by molar-refractivity contribution is -0.141. The summed E-state index contributed by atoms with van der Waals surface area (Å²) in [5.74, 6) is -0.155. The van der Waals surface area contributed by atoms with E-state index < -0.39 is 0 Å². The van der Waals surface area contributed by atoms with Crippen molar-refractivity contribution in [3.63, 3.8) is 0 Å². The molecule has 0 unspecified atom stereocenters. The summed E-state index contributed by atoms with van der Waals surface area (Å²) >= 11 is 0. The van der Waals surface area contributed by atoms with Crippen molar-refractivity contribution in [2.45, 2.75) is 98.3 Å². The maximum atomic E-state index is 10.5. The number of esters is 1. The summed E-state index contributed by atoms with van der Waals surface area (Å²) in [6.45, 7) is 10.0. The van der Waals surface area contributed by atoms with Crippen LogP contribution in [0.5, 0.6) is 0 Å². The highest BCUT2D eigenvalue weighted by Crippen LogP contribution is 2.11. The normalized spacial score (nSPS) is 9.17. The van der Waals surface area contributed by atoms with E-state index in [1.807, 2.05) is 13.8 Å². The second-order valence-corrected chi connectivity index (χ2v) is 5.66. The van der Waals surface area contributed by atoms with E-state index in [0.29, 0.717) is 6.61 Å². The molecule has 0 aliphatic heterocycles. The first-order valence-corrected chi connectivity index (χ1v) is 9.40. The second-order valence-electron chi connectivity index (χ2n) is 5.66. The van der Waals surface area contributed by atoms with Crippen molar-refractivity contribution in [2.75, 3.05) is 19.8 Å². The Bertz CT molecular complexity index is 213. The van der Waals surface area contributed by atoms with E-state index in [1.54, 1.807) is 0 Å². The first kappa shape index (κ1) is 31.2. The summed E-state index contributed by atoms with van der Waals surface area (Å²) in [4.78, 5) is 10.5. The maximum Gasteiger partial charge on any atom is 0.302 e. The van der Waals surface area contributed by atoms with Crippen molar-refractivity contribution in [1.29, 1.82) is 0 Å². The molecule has 24 heavy (non-hydrogen) atoms. The molecule has 0 saturated heterocycles. The molecule has 0 rings (SSSR count). The predicted molar refractivity (Wildman–Crippen MR) is 105 cm³/mol. The Hall–Kier alpha value is -0.650. The van der Waals surface area contributed by atoms with Gasteiger partial charge in [-0.05, 0) is 20.3 Å². The molecule has 0 aromatic carbocycles. The lowest BCUT2D eigenvalue weighted by atomic mass is 10.1. The Morgan fingerprint density at radius 1 is 0.667 bits per heavy atom. The molecule has 0 spiro atoms. The molecule has 0 atom stereocenters. The minimum absolute atomic E-state index is 0. The zero-order valence-corrected chi connectivity index (χ0v) is 17.0. The van der Waals surface area contributed by atoms with Gasteiger partial charge < -0.3 is 21.8 Å². The molecule has 0 saturated carbocycles. The zero-order chi connectivity index (χ0) is 16.9. The molecule has 0 radical (unpaired) electrons. The number of unbranched alkanes of at least 4 members (excludes halogenated alkanes) is 10. The fourth-order valence-corrected chi connectivity index (χ4v) is 2.19. The van der Waals surface area contributed by atoms with Crippen LogP contribution in [0.3, 0.4) is 0 Å².